The largest absolute Gasteiger partial charge is 0.384 e. The van der Waals surface area contributed by atoms with E-state index >= 15 is 0 Å². The molecule has 2 aromatic rings. The molecule has 0 bridgehead atoms. The van der Waals surface area contributed by atoms with Crippen LogP contribution in [0.4, 0.5) is 5.69 Å². The zero-order valence-electron chi connectivity index (χ0n) is 17.1. The normalized spacial score (nSPS) is 22.9. The molecular formula is C22H24Cl3N4O2+. The number of aliphatic hydroxyl groups is 1. The number of hydrogen-bond donors (Lipinski definition) is 2. The van der Waals surface area contributed by atoms with Gasteiger partial charge in [0.15, 0.2) is 5.71 Å². The summed E-state index contributed by atoms with van der Waals surface area (Å²) in [5, 5.41) is 18.7. The Morgan fingerprint density at radius 3 is 2.35 bits per heavy atom. The molecule has 2 N–H and O–H groups in total. The summed E-state index contributed by atoms with van der Waals surface area (Å²) in [4.78, 5) is 13.2. The SMILES string of the molecule is C[N+]1(NC(=O)C2=NN(c3ccc(Cl)cc3Cl)[C@@H](c3ccc(Cl)cc3)[C@H]2O)CCCCC1. The van der Waals surface area contributed by atoms with Crippen LogP contribution in [0.25, 0.3) is 0 Å². The van der Waals surface area contributed by atoms with Gasteiger partial charge in [0.2, 0.25) is 0 Å². The van der Waals surface area contributed by atoms with Crippen molar-refractivity contribution in [3.05, 3.63) is 63.1 Å². The van der Waals surface area contributed by atoms with Gasteiger partial charge in [-0.05, 0) is 55.2 Å². The van der Waals surface area contributed by atoms with Gasteiger partial charge in [-0.25, -0.2) is 4.59 Å². The van der Waals surface area contributed by atoms with Crippen molar-refractivity contribution in [1.29, 1.82) is 0 Å². The number of nitrogens with zero attached hydrogens (tertiary/aromatic N) is 3. The van der Waals surface area contributed by atoms with Crippen LogP contribution >= 0.6 is 34.8 Å². The highest BCUT2D eigenvalue weighted by Crippen LogP contribution is 2.40. The van der Waals surface area contributed by atoms with Gasteiger partial charge >= 0.3 is 5.91 Å². The highest BCUT2D eigenvalue weighted by molar-refractivity contribution is 6.41. The first-order chi connectivity index (χ1) is 14.8. The Kier molecular flexibility index (Phi) is 6.47. The number of aliphatic hydroxyl groups excluding tert-OH is 1. The first kappa shape index (κ1) is 22.4. The van der Waals surface area contributed by atoms with Gasteiger partial charge in [-0.15, -0.1) is 0 Å². The zero-order chi connectivity index (χ0) is 22.2. The first-order valence-corrected chi connectivity index (χ1v) is 11.3. The van der Waals surface area contributed by atoms with Crippen molar-refractivity contribution in [2.24, 2.45) is 5.10 Å². The summed E-state index contributed by atoms with van der Waals surface area (Å²) >= 11 is 18.5. The summed E-state index contributed by atoms with van der Waals surface area (Å²) in [5.74, 6) is -0.386. The predicted octanol–water partition coefficient (Wildman–Crippen LogP) is 4.59. The number of benzene rings is 2. The van der Waals surface area contributed by atoms with Gasteiger partial charge in [0.05, 0.1) is 17.8 Å². The van der Waals surface area contributed by atoms with Gasteiger partial charge in [-0.1, -0.05) is 46.9 Å². The second-order valence-electron chi connectivity index (χ2n) is 8.21. The van der Waals surface area contributed by atoms with Crippen molar-refractivity contribution < 1.29 is 14.5 Å². The molecule has 9 heteroatoms. The Bertz CT molecular complexity index is 1010. The number of carbonyl (C=O) groups is 1. The van der Waals surface area contributed by atoms with Crippen LogP contribution in [-0.4, -0.2) is 47.6 Å². The predicted molar refractivity (Wildman–Crippen MR) is 124 cm³/mol. The molecule has 2 heterocycles. The van der Waals surface area contributed by atoms with Crippen molar-refractivity contribution in [3.63, 3.8) is 0 Å². The van der Waals surface area contributed by atoms with Crippen molar-refractivity contribution in [1.82, 2.24) is 5.43 Å². The van der Waals surface area contributed by atoms with Crippen LogP contribution in [0, 0.1) is 0 Å². The van der Waals surface area contributed by atoms with E-state index in [1.807, 2.05) is 19.2 Å². The quantitative estimate of drug-likeness (QED) is 0.627. The molecule has 0 aliphatic carbocycles. The highest BCUT2D eigenvalue weighted by atomic mass is 35.5. The molecule has 0 unspecified atom stereocenters. The number of anilines is 1. The molecule has 1 amide bonds. The van der Waals surface area contributed by atoms with Crippen LogP contribution in [0.5, 0.6) is 0 Å². The topological polar surface area (TPSA) is 64.9 Å². The number of amides is 1. The Hall–Kier alpha value is -1.83. The van der Waals surface area contributed by atoms with Crippen LogP contribution < -0.4 is 10.4 Å². The van der Waals surface area contributed by atoms with Gasteiger partial charge in [0.25, 0.3) is 0 Å². The van der Waals surface area contributed by atoms with E-state index < -0.39 is 12.1 Å². The first-order valence-electron chi connectivity index (χ1n) is 10.2. The van der Waals surface area contributed by atoms with E-state index in [1.165, 1.54) is 0 Å². The Labute approximate surface area is 196 Å². The van der Waals surface area contributed by atoms with Crippen molar-refractivity contribution in [3.8, 4) is 0 Å². The number of rotatable bonds is 4. The van der Waals surface area contributed by atoms with E-state index in [0.717, 1.165) is 37.9 Å². The second kappa shape index (κ2) is 8.96. The van der Waals surface area contributed by atoms with Gasteiger partial charge < -0.3 is 5.11 Å². The zero-order valence-corrected chi connectivity index (χ0v) is 19.3. The van der Waals surface area contributed by atoms with E-state index in [1.54, 1.807) is 35.3 Å². The molecule has 31 heavy (non-hydrogen) atoms. The highest BCUT2D eigenvalue weighted by Gasteiger charge is 2.43. The Balaban J connectivity index is 1.70. The number of halogens is 3. The lowest BCUT2D eigenvalue weighted by Crippen LogP contribution is -2.61. The molecule has 6 nitrogen and oxygen atoms in total. The number of piperidine rings is 1. The number of hydrogen-bond acceptors (Lipinski definition) is 4. The molecule has 1 fully saturated rings. The van der Waals surface area contributed by atoms with Crippen molar-refractivity contribution >= 4 is 52.1 Å². The Morgan fingerprint density at radius 2 is 1.71 bits per heavy atom. The average Bonchev–Trinajstić information content (AvgIpc) is 3.06. The number of quaternary nitrogens is 1. The van der Waals surface area contributed by atoms with Crippen LogP contribution in [-0.2, 0) is 4.79 Å². The minimum atomic E-state index is -1.15. The lowest BCUT2D eigenvalue weighted by atomic mass is 9.98. The minimum absolute atomic E-state index is 0.0518. The monoisotopic (exact) mass is 481 g/mol. The van der Waals surface area contributed by atoms with E-state index in [9.17, 15) is 9.90 Å². The van der Waals surface area contributed by atoms with E-state index in [2.05, 4.69) is 10.5 Å². The maximum absolute atomic E-state index is 13.2. The lowest BCUT2D eigenvalue weighted by molar-refractivity contribution is -0.947. The van der Waals surface area contributed by atoms with Crippen LogP contribution in [0.3, 0.4) is 0 Å². The van der Waals surface area contributed by atoms with Crippen LogP contribution in [0.2, 0.25) is 15.1 Å². The number of hydrazone groups is 1. The second-order valence-corrected chi connectivity index (χ2v) is 9.49. The molecule has 0 aromatic heterocycles. The summed E-state index contributed by atoms with van der Waals surface area (Å²) in [6.07, 6.45) is 2.11. The fraction of sp³-hybridized carbons (Fsp3) is 0.364. The van der Waals surface area contributed by atoms with Crippen molar-refractivity contribution in [2.45, 2.75) is 31.4 Å². The third-order valence-electron chi connectivity index (χ3n) is 5.83. The van der Waals surface area contributed by atoms with E-state index in [4.69, 9.17) is 34.8 Å². The molecule has 2 atom stereocenters. The van der Waals surface area contributed by atoms with Gasteiger partial charge in [-0.2, -0.15) is 10.5 Å². The number of carbonyl (C=O) groups excluding carboxylic acids is 1. The van der Waals surface area contributed by atoms with Crippen molar-refractivity contribution in [2.75, 3.05) is 25.1 Å². The standard InChI is InChI=1S/C22H23Cl3N4O2/c1-29(11-3-2-4-12-29)27-22(31)19-21(30)20(14-5-7-15(23)8-6-14)28(26-19)18-10-9-16(24)13-17(18)25/h5-10,13,20-21,30H,2-4,11-12H2,1H3/p+1/t20-,21-/m0/s1. The fourth-order valence-corrected chi connectivity index (χ4v) is 4.80. The summed E-state index contributed by atoms with van der Waals surface area (Å²) in [6, 6.07) is 11.5. The summed E-state index contributed by atoms with van der Waals surface area (Å²) in [5.41, 5.74) is 4.41. The smallest absolute Gasteiger partial charge is 0.314 e. The molecule has 2 aromatic carbocycles. The van der Waals surface area contributed by atoms with Gasteiger partial charge in [0, 0.05) is 10.0 Å². The average molecular weight is 483 g/mol. The molecule has 0 radical (unpaired) electrons. The summed E-state index contributed by atoms with van der Waals surface area (Å²) < 4.78 is 0.428. The Morgan fingerprint density at radius 1 is 1.06 bits per heavy atom. The molecule has 0 spiro atoms. The third-order valence-corrected chi connectivity index (χ3v) is 6.62. The number of nitrogens with one attached hydrogen (secondary N) is 1. The summed E-state index contributed by atoms with van der Waals surface area (Å²) in [7, 11) is 1.99. The van der Waals surface area contributed by atoms with E-state index in [-0.39, 0.29) is 11.6 Å². The van der Waals surface area contributed by atoms with Crippen LogP contribution in [0.1, 0.15) is 30.9 Å². The third kappa shape index (κ3) is 4.69. The lowest BCUT2D eigenvalue weighted by Gasteiger charge is -2.36. The van der Waals surface area contributed by atoms with Crippen LogP contribution in [0.15, 0.2) is 47.6 Å². The van der Waals surface area contributed by atoms with Gasteiger partial charge in [0.1, 0.15) is 25.2 Å². The van der Waals surface area contributed by atoms with E-state index in [0.29, 0.717) is 25.3 Å². The molecule has 164 valence electrons. The molecular weight excluding hydrogens is 459 g/mol. The van der Waals surface area contributed by atoms with Gasteiger partial charge in [-0.3, -0.25) is 9.80 Å². The minimum Gasteiger partial charge on any atom is -0.384 e. The molecule has 1 saturated heterocycles. The fourth-order valence-electron chi connectivity index (χ4n) is 4.18. The molecule has 4 rings (SSSR count). The summed E-state index contributed by atoms with van der Waals surface area (Å²) in [6.45, 7) is 1.70. The maximum Gasteiger partial charge on any atom is 0.314 e. The number of likely N-dealkylation sites (tertiary alicyclic amines) is 1. The molecule has 2 aliphatic rings. The molecule has 0 saturated carbocycles. The molecule has 2 aliphatic heterocycles. The maximum atomic E-state index is 13.2.